The van der Waals surface area contributed by atoms with Crippen molar-refractivity contribution in [2.75, 3.05) is 0 Å². The highest BCUT2D eigenvalue weighted by molar-refractivity contribution is 7.83. The Morgan fingerprint density at radius 3 is 2.79 bits per heavy atom. The normalized spacial score (nSPS) is 10.5. The summed E-state index contributed by atoms with van der Waals surface area (Å²) in [6.07, 6.45) is 2.76. The van der Waals surface area contributed by atoms with Crippen molar-refractivity contribution in [3.8, 4) is 10.6 Å². The van der Waals surface area contributed by atoms with Crippen LogP contribution >= 0.6 is 24.0 Å². The van der Waals surface area contributed by atoms with Crippen molar-refractivity contribution in [1.82, 2.24) is 9.97 Å². The molecule has 0 fully saturated rings. The number of aryl methyl sites for hydroxylation is 1. The van der Waals surface area contributed by atoms with Crippen LogP contribution in [-0.2, 0) is 0 Å². The Bertz CT molecular complexity index is 448. The van der Waals surface area contributed by atoms with Crippen molar-refractivity contribution < 1.29 is 4.39 Å². The Balaban J connectivity index is 2.49. The molecule has 0 aliphatic rings. The van der Waals surface area contributed by atoms with Gasteiger partial charge in [0.15, 0.2) is 0 Å². The molecule has 2 aromatic rings. The minimum atomic E-state index is -0.351. The van der Waals surface area contributed by atoms with E-state index >= 15 is 0 Å². The van der Waals surface area contributed by atoms with Gasteiger partial charge in [0.2, 0.25) is 0 Å². The molecule has 0 aliphatic carbocycles. The molecular formula is C9H7FN2S2. The fourth-order valence-electron chi connectivity index (χ4n) is 1.04. The molecule has 0 aliphatic heterocycles. The second kappa shape index (κ2) is 3.67. The molecule has 0 amide bonds. The Hall–Kier alpha value is -0.940. The van der Waals surface area contributed by atoms with Crippen LogP contribution in [0.2, 0.25) is 0 Å². The van der Waals surface area contributed by atoms with Crippen LogP contribution in [0.15, 0.2) is 22.7 Å². The summed E-state index contributed by atoms with van der Waals surface area (Å²) < 4.78 is 13.7. The molecule has 0 aromatic carbocycles. The summed E-state index contributed by atoms with van der Waals surface area (Å²) in [5.41, 5.74) is 1.55. The molecule has 0 saturated carbocycles. The van der Waals surface area contributed by atoms with E-state index in [0.29, 0.717) is 5.56 Å². The molecule has 5 heteroatoms. The van der Waals surface area contributed by atoms with Gasteiger partial charge in [-0.3, -0.25) is 4.98 Å². The van der Waals surface area contributed by atoms with Gasteiger partial charge in [-0.1, -0.05) is 0 Å². The lowest BCUT2D eigenvalue weighted by Gasteiger charge is -1.93. The predicted octanol–water partition coefficient (Wildman–Crippen LogP) is 2.94. The zero-order chi connectivity index (χ0) is 10.1. The molecule has 0 radical (unpaired) electrons. The Morgan fingerprint density at radius 1 is 1.43 bits per heavy atom. The summed E-state index contributed by atoms with van der Waals surface area (Å²) in [5.74, 6) is -0.351. The number of hydrogen-bond acceptors (Lipinski definition) is 4. The Kier molecular flexibility index (Phi) is 2.52. The number of pyridine rings is 1. The molecule has 2 aromatic heterocycles. The number of thiol groups is 1. The van der Waals surface area contributed by atoms with Crippen LogP contribution in [0.3, 0.4) is 0 Å². The van der Waals surface area contributed by atoms with Crippen LogP contribution in [0.5, 0.6) is 0 Å². The summed E-state index contributed by atoms with van der Waals surface area (Å²) in [6.45, 7) is 1.87. The first-order chi connectivity index (χ1) is 6.66. The first kappa shape index (κ1) is 9.61. The van der Waals surface area contributed by atoms with Crippen LogP contribution in [0, 0.1) is 12.7 Å². The fourth-order valence-corrected chi connectivity index (χ4v) is 2.14. The molecule has 0 N–H and O–H groups in total. The average Bonchev–Trinajstić information content (AvgIpc) is 2.47. The summed E-state index contributed by atoms with van der Waals surface area (Å²) in [5, 5.41) is 0.750. The van der Waals surface area contributed by atoms with E-state index in [4.69, 9.17) is 0 Å². The van der Waals surface area contributed by atoms with Gasteiger partial charge in [0.05, 0.1) is 16.1 Å². The third-order valence-electron chi connectivity index (χ3n) is 1.72. The molecule has 72 valence electrons. The molecule has 0 unspecified atom stereocenters. The fraction of sp³-hybridized carbons (Fsp3) is 0.111. The summed E-state index contributed by atoms with van der Waals surface area (Å²) in [6, 6.07) is 1.42. The molecule has 2 rings (SSSR count). The van der Waals surface area contributed by atoms with E-state index < -0.39 is 0 Å². The van der Waals surface area contributed by atoms with Crippen LogP contribution in [-0.4, -0.2) is 9.97 Å². The molecular weight excluding hydrogens is 219 g/mol. The van der Waals surface area contributed by atoms with Crippen molar-refractivity contribution in [1.29, 1.82) is 0 Å². The zero-order valence-electron chi connectivity index (χ0n) is 7.36. The second-order valence-electron chi connectivity index (χ2n) is 2.80. The van der Waals surface area contributed by atoms with Gasteiger partial charge < -0.3 is 0 Å². The Labute approximate surface area is 90.3 Å². The monoisotopic (exact) mass is 226 g/mol. The molecule has 0 bridgehead atoms. The highest BCUT2D eigenvalue weighted by Crippen LogP contribution is 2.29. The van der Waals surface area contributed by atoms with E-state index in [1.807, 2.05) is 6.92 Å². The van der Waals surface area contributed by atoms with Crippen molar-refractivity contribution in [2.45, 2.75) is 11.1 Å². The number of hydrogen-bond donors (Lipinski definition) is 1. The third kappa shape index (κ3) is 1.78. The SMILES string of the molecule is Cc1nc(-c2cncc(F)c2)sc1S. The van der Waals surface area contributed by atoms with Gasteiger partial charge in [-0.2, -0.15) is 0 Å². The highest BCUT2D eigenvalue weighted by Gasteiger charge is 2.07. The highest BCUT2D eigenvalue weighted by atomic mass is 32.2. The van der Waals surface area contributed by atoms with Gasteiger partial charge >= 0.3 is 0 Å². The Morgan fingerprint density at radius 2 is 2.21 bits per heavy atom. The van der Waals surface area contributed by atoms with E-state index in [0.717, 1.165) is 14.9 Å². The molecule has 0 saturated heterocycles. The lowest BCUT2D eigenvalue weighted by Crippen LogP contribution is -1.82. The number of rotatable bonds is 1. The maximum atomic E-state index is 12.9. The van der Waals surface area contributed by atoms with Crippen molar-refractivity contribution >= 4 is 24.0 Å². The van der Waals surface area contributed by atoms with Crippen LogP contribution < -0.4 is 0 Å². The lowest BCUT2D eigenvalue weighted by molar-refractivity contribution is 0.622. The number of aromatic nitrogens is 2. The smallest absolute Gasteiger partial charge is 0.142 e. The largest absolute Gasteiger partial charge is 0.261 e. The van der Waals surface area contributed by atoms with Crippen molar-refractivity contribution in [3.63, 3.8) is 0 Å². The number of thiazole rings is 1. The van der Waals surface area contributed by atoms with Gasteiger partial charge in [0.1, 0.15) is 10.8 Å². The third-order valence-corrected chi connectivity index (χ3v) is 3.33. The topological polar surface area (TPSA) is 25.8 Å². The molecule has 2 nitrogen and oxygen atoms in total. The van der Waals surface area contributed by atoms with Crippen molar-refractivity contribution in [3.05, 3.63) is 30.0 Å². The van der Waals surface area contributed by atoms with E-state index in [1.165, 1.54) is 23.6 Å². The molecule has 14 heavy (non-hydrogen) atoms. The first-order valence-electron chi connectivity index (χ1n) is 3.94. The summed E-state index contributed by atoms with van der Waals surface area (Å²) >= 11 is 5.66. The van der Waals surface area contributed by atoms with Crippen LogP contribution in [0.25, 0.3) is 10.6 Å². The minimum Gasteiger partial charge on any atom is -0.261 e. The second-order valence-corrected chi connectivity index (χ2v) is 4.55. The lowest BCUT2D eigenvalue weighted by atomic mass is 10.3. The zero-order valence-corrected chi connectivity index (χ0v) is 9.07. The van der Waals surface area contributed by atoms with Gasteiger partial charge in [0.25, 0.3) is 0 Å². The molecule has 0 atom stereocenters. The van der Waals surface area contributed by atoms with E-state index in [-0.39, 0.29) is 5.82 Å². The van der Waals surface area contributed by atoms with Crippen LogP contribution in [0.1, 0.15) is 5.69 Å². The number of halogens is 1. The van der Waals surface area contributed by atoms with Crippen molar-refractivity contribution in [2.24, 2.45) is 0 Å². The molecule has 2 heterocycles. The average molecular weight is 226 g/mol. The quantitative estimate of drug-likeness (QED) is 0.756. The maximum Gasteiger partial charge on any atom is 0.142 e. The van der Waals surface area contributed by atoms with Gasteiger partial charge in [-0.05, 0) is 13.0 Å². The van der Waals surface area contributed by atoms with E-state index in [9.17, 15) is 4.39 Å². The minimum absolute atomic E-state index is 0.351. The first-order valence-corrected chi connectivity index (χ1v) is 5.20. The molecule has 0 spiro atoms. The maximum absolute atomic E-state index is 12.9. The van der Waals surface area contributed by atoms with Gasteiger partial charge in [0, 0.05) is 11.8 Å². The summed E-state index contributed by atoms with van der Waals surface area (Å²) in [4.78, 5) is 8.02. The van der Waals surface area contributed by atoms with Gasteiger partial charge in [-0.25, -0.2) is 9.37 Å². The standard InChI is InChI=1S/C9H7FN2S2/c1-5-9(13)14-8(12-5)6-2-7(10)4-11-3-6/h2-4,13H,1H3. The predicted molar refractivity (Wildman–Crippen MR) is 57.3 cm³/mol. The number of nitrogens with zero attached hydrogens (tertiary/aromatic N) is 2. The summed E-state index contributed by atoms with van der Waals surface area (Å²) in [7, 11) is 0. The van der Waals surface area contributed by atoms with Gasteiger partial charge in [-0.15, -0.1) is 24.0 Å². The van der Waals surface area contributed by atoms with E-state index in [2.05, 4.69) is 22.6 Å². The van der Waals surface area contributed by atoms with E-state index in [1.54, 1.807) is 6.20 Å². The van der Waals surface area contributed by atoms with Crippen LogP contribution in [0.4, 0.5) is 4.39 Å².